The van der Waals surface area contributed by atoms with Crippen molar-refractivity contribution in [2.75, 3.05) is 14.2 Å². The number of hydrogen-bond acceptors (Lipinski definition) is 6. The number of halogens is 2. The maximum Gasteiger partial charge on any atom is 0.336 e. The molecule has 188 valence electrons. The molecule has 0 fully saturated rings. The zero-order valence-corrected chi connectivity index (χ0v) is 23.3. The average molecular weight is 628 g/mol. The predicted octanol–water partition coefficient (Wildman–Crippen LogP) is 6.27. The van der Waals surface area contributed by atoms with Crippen LogP contribution in [-0.2, 0) is 16.1 Å². The van der Waals surface area contributed by atoms with E-state index in [1.807, 2.05) is 42.5 Å². The number of ether oxygens (including phenoxy) is 3. The monoisotopic (exact) mass is 627 g/mol. The Morgan fingerprint density at radius 1 is 1.05 bits per heavy atom. The van der Waals surface area contributed by atoms with Crippen LogP contribution in [0.3, 0.4) is 0 Å². The molecule has 0 radical (unpaired) electrons. The Kier molecular flexibility index (Phi) is 7.00. The quantitative estimate of drug-likeness (QED) is 0.257. The highest BCUT2D eigenvalue weighted by molar-refractivity contribution is 14.1. The van der Waals surface area contributed by atoms with Gasteiger partial charge in [-0.1, -0.05) is 48.0 Å². The van der Waals surface area contributed by atoms with Gasteiger partial charge in [0.05, 0.1) is 30.5 Å². The Hall–Kier alpha value is -3.30. The van der Waals surface area contributed by atoms with Crippen molar-refractivity contribution in [2.24, 2.45) is 0 Å². The van der Waals surface area contributed by atoms with E-state index in [0.717, 1.165) is 14.7 Å². The second-order valence-electron chi connectivity index (χ2n) is 8.70. The normalized spacial score (nSPS) is 16.2. The summed E-state index contributed by atoms with van der Waals surface area (Å²) in [4.78, 5) is 26.6. The zero-order valence-electron chi connectivity index (χ0n) is 20.4. The van der Waals surface area contributed by atoms with Gasteiger partial charge in [-0.15, -0.1) is 0 Å². The van der Waals surface area contributed by atoms with E-state index in [4.69, 9.17) is 25.8 Å². The van der Waals surface area contributed by atoms with Crippen molar-refractivity contribution in [3.63, 3.8) is 0 Å². The lowest BCUT2D eigenvalue weighted by molar-refractivity contribution is -0.136. The van der Waals surface area contributed by atoms with Crippen LogP contribution in [0.1, 0.15) is 39.9 Å². The molecule has 0 aromatic heterocycles. The number of nitrogens with one attached hydrogen (secondary N) is 1. The van der Waals surface area contributed by atoms with Gasteiger partial charge < -0.3 is 19.5 Å². The molecule has 5 rings (SSSR count). The fraction of sp³-hybridized carbons (Fsp3) is 0.172. The average Bonchev–Trinajstić information content (AvgIpc) is 3.18. The van der Waals surface area contributed by atoms with Crippen LogP contribution in [0, 0.1) is 3.57 Å². The van der Waals surface area contributed by atoms with Crippen LogP contribution in [0.5, 0.6) is 11.5 Å². The highest BCUT2D eigenvalue weighted by Crippen LogP contribution is 2.49. The lowest BCUT2D eigenvalue weighted by Gasteiger charge is -2.29. The number of dihydropyridines is 1. The Bertz CT molecular complexity index is 1490. The number of carbonyl (C=O) groups excluding carboxylic acids is 2. The van der Waals surface area contributed by atoms with E-state index >= 15 is 0 Å². The molecule has 3 aromatic carbocycles. The summed E-state index contributed by atoms with van der Waals surface area (Å²) in [5.74, 6) is -0.597. The summed E-state index contributed by atoms with van der Waals surface area (Å²) < 4.78 is 18.0. The summed E-state index contributed by atoms with van der Waals surface area (Å²) >= 11 is 8.98. The number of carbonyl (C=O) groups is 2. The van der Waals surface area contributed by atoms with Crippen LogP contribution in [0.15, 0.2) is 77.5 Å². The molecular formula is C29H23ClINO5. The van der Waals surface area contributed by atoms with Crippen LogP contribution in [-0.4, -0.2) is 26.0 Å². The molecule has 0 amide bonds. The number of methoxy groups -OCH3 is 2. The lowest BCUT2D eigenvalue weighted by Crippen LogP contribution is -2.29. The maximum absolute atomic E-state index is 13.6. The first-order chi connectivity index (χ1) is 17.8. The standard InChI is InChI=1S/C29H23ClINO5/c1-15-23(29(34)36-3)24(25-26(32-15)19-6-4-5-7-20(19)27(25)33)17-12-21(30)28(22(13-17)35-2)37-14-16-8-10-18(31)11-9-16/h4-13,24,32H,14H2,1-3H3/t24-/m0/s1. The summed E-state index contributed by atoms with van der Waals surface area (Å²) in [7, 11) is 2.85. The molecule has 37 heavy (non-hydrogen) atoms. The third kappa shape index (κ3) is 4.51. The van der Waals surface area contributed by atoms with Crippen molar-refractivity contribution in [3.05, 3.63) is 108 Å². The highest BCUT2D eigenvalue weighted by atomic mass is 127. The molecule has 2 aliphatic rings. The van der Waals surface area contributed by atoms with Gasteiger partial charge in [0.25, 0.3) is 0 Å². The van der Waals surface area contributed by atoms with Crippen LogP contribution < -0.4 is 14.8 Å². The van der Waals surface area contributed by atoms with Crippen molar-refractivity contribution in [1.29, 1.82) is 0 Å². The number of benzene rings is 3. The fourth-order valence-electron chi connectivity index (χ4n) is 4.83. The van der Waals surface area contributed by atoms with Gasteiger partial charge in [0.2, 0.25) is 0 Å². The van der Waals surface area contributed by atoms with Gasteiger partial charge in [0.15, 0.2) is 17.3 Å². The number of esters is 1. The molecule has 3 aromatic rings. The Balaban J connectivity index is 1.60. The smallest absolute Gasteiger partial charge is 0.336 e. The highest BCUT2D eigenvalue weighted by Gasteiger charge is 2.43. The second-order valence-corrected chi connectivity index (χ2v) is 10.4. The van der Waals surface area contributed by atoms with E-state index in [9.17, 15) is 9.59 Å². The van der Waals surface area contributed by atoms with Crippen LogP contribution >= 0.6 is 34.2 Å². The van der Waals surface area contributed by atoms with Crippen molar-refractivity contribution in [1.82, 2.24) is 5.32 Å². The van der Waals surface area contributed by atoms with Gasteiger partial charge in [-0.05, 0) is 64.9 Å². The van der Waals surface area contributed by atoms with Gasteiger partial charge in [-0.3, -0.25) is 4.79 Å². The summed E-state index contributed by atoms with van der Waals surface area (Å²) in [6, 6.07) is 18.9. The SMILES string of the molecule is COC(=O)C1=C(C)NC2=C(C(=O)c3ccccc32)[C@H]1c1cc(Cl)c(OCc2ccc(I)cc2)c(OC)c1. The third-order valence-electron chi connectivity index (χ3n) is 6.54. The molecular weight excluding hydrogens is 605 g/mol. The minimum atomic E-state index is -0.708. The molecule has 1 atom stereocenters. The predicted molar refractivity (Wildman–Crippen MR) is 150 cm³/mol. The number of rotatable bonds is 6. The number of hydrogen-bond donors (Lipinski definition) is 1. The number of ketones is 1. The van der Waals surface area contributed by atoms with E-state index in [-0.39, 0.29) is 5.78 Å². The Labute approximate surface area is 233 Å². The molecule has 1 aliphatic carbocycles. The molecule has 0 bridgehead atoms. The zero-order chi connectivity index (χ0) is 26.3. The van der Waals surface area contributed by atoms with Crippen LogP contribution in [0.2, 0.25) is 5.02 Å². The van der Waals surface area contributed by atoms with Gasteiger partial charge in [-0.25, -0.2) is 4.79 Å². The molecule has 0 unspecified atom stereocenters. The molecule has 0 spiro atoms. The first kappa shape index (κ1) is 25.4. The first-order valence-corrected chi connectivity index (χ1v) is 13.0. The molecule has 1 aliphatic heterocycles. The largest absolute Gasteiger partial charge is 0.493 e. The van der Waals surface area contributed by atoms with Crippen molar-refractivity contribution >= 4 is 51.6 Å². The van der Waals surface area contributed by atoms with Gasteiger partial charge in [-0.2, -0.15) is 0 Å². The topological polar surface area (TPSA) is 73.9 Å². The molecule has 0 saturated heterocycles. The minimum absolute atomic E-state index is 0.147. The van der Waals surface area contributed by atoms with Gasteiger partial charge in [0.1, 0.15) is 6.61 Å². The molecule has 8 heteroatoms. The van der Waals surface area contributed by atoms with Crippen molar-refractivity contribution in [2.45, 2.75) is 19.4 Å². The number of allylic oxidation sites excluding steroid dienone is 2. The van der Waals surface area contributed by atoms with Gasteiger partial charge >= 0.3 is 5.97 Å². The Morgan fingerprint density at radius 3 is 2.43 bits per heavy atom. The Morgan fingerprint density at radius 2 is 1.76 bits per heavy atom. The molecule has 0 saturated carbocycles. The molecule has 1 heterocycles. The summed E-state index contributed by atoms with van der Waals surface area (Å²) in [5.41, 5.74) is 5.09. The van der Waals surface area contributed by atoms with Crippen LogP contribution in [0.25, 0.3) is 5.70 Å². The maximum atomic E-state index is 13.6. The summed E-state index contributed by atoms with van der Waals surface area (Å²) in [6.07, 6.45) is 0. The summed E-state index contributed by atoms with van der Waals surface area (Å²) in [5, 5.41) is 3.59. The van der Waals surface area contributed by atoms with Crippen molar-refractivity contribution in [3.8, 4) is 11.5 Å². The lowest BCUT2D eigenvalue weighted by atomic mass is 9.79. The van der Waals surface area contributed by atoms with Crippen LogP contribution in [0.4, 0.5) is 0 Å². The summed E-state index contributed by atoms with van der Waals surface area (Å²) in [6.45, 7) is 2.10. The van der Waals surface area contributed by atoms with E-state index in [1.165, 1.54) is 14.2 Å². The number of Topliss-reactive ketones (excluding diaryl/α,β-unsaturated/α-hetero) is 1. The van der Waals surface area contributed by atoms with E-state index in [1.54, 1.807) is 25.1 Å². The van der Waals surface area contributed by atoms with Crippen molar-refractivity contribution < 1.29 is 23.8 Å². The first-order valence-electron chi connectivity index (χ1n) is 11.5. The van der Waals surface area contributed by atoms with E-state index in [0.29, 0.717) is 56.8 Å². The minimum Gasteiger partial charge on any atom is -0.493 e. The molecule has 6 nitrogen and oxygen atoms in total. The third-order valence-corrected chi connectivity index (χ3v) is 7.54. The van der Waals surface area contributed by atoms with Gasteiger partial charge in [0, 0.05) is 31.9 Å². The molecule has 1 N–H and O–H groups in total. The van der Waals surface area contributed by atoms with E-state index < -0.39 is 11.9 Å². The fourth-order valence-corrected chi connectivity index (χ4v) is 5.46. The second kappa shape index (κ2) is 10.2. The number of fused-ring (bicyclic) bond motifs is 2. The van der Waals surface area contributed by atoms with E-state index in [2.05, 4.69) is 27.9 Å².